The lowest BCUT2D eigenvalue weighted by Gasteiger charge is -2.36. The molecular formula is C21H30N4O4S2. The van der Waals surface area contributed by atoms with Gasteiger partial charge in [-0.1, -0.05) is 31.3 Å². The van der Waals surface area contributed by atoms with E-state index in [2.05, 4.69) is 10.1 Å². The van der Waals surface area contributed by atoms with Gasteiger partial charge in [0.2, 0.25) is 17.6 Å². The second kappa shape index (κ2) is 9.38. The van der Waals surface area contributed by atoms with E-state index >= 15 is 0 Å². The first kappa shape index (κ1) is 22.4. The number of carbonyl (C=O) groups excluding carboxylic acids is 1. The van der Waals surface area contributed by atoms with Crippen LogP contribution in [-0.2, 0) is 21.2 Å². The fourth-order valence-electron chi connectivity index (χ4n) is 4.49. The first-order chi connectivity index (χ1) is 14.9. The molecule has 1 aliphatic heterocycles. The third-order valence-corrected chi connectivity index (χ3v) is 9.79. The zero-order valence-electron chi connectivity index (χ0n) is 18.1. The van der Waals surface area contributed by atoms with Crippen molar-refractivity contribution in [2.75, 3.05) is 20.1 Å². The van der Waals surface area contributed by atoms with Gasteiger partial charge < -0.3 is 9.42 Å². The molecule has 170 valence electrons. The molecule has 8 nitrogen and oxygen atoms in total. The molecule has 2 aliphatic rings. The lowest BCUT2D eigenvalue weighted by Crippen LogP contribution is -2.46. The lowest BCUT2D eigenvalue weighted by molar-refractivity contribution is -0.138. The fourth-order valence-corrected chi connectivity index (χ4v) is 7.27. The zero-order chi connectivity index (χ0) is 22.0. The maximum atomic E-state index is 13.1. The van der Waals surface area contributed by atoms with E-state index in [0.29, 0.717) is 55.7 Å². The average molecular weight is 467 g/mol. The topological polar surface area (TPSA) is 96.6 Å². The van der Waals surface area contributed by atoms with E-state index in [1.165, 1.54) is 34.9 Å². The number of hydrogen-bond donors (Lipinski definition) is 0. The number of rotatable bonds is 6. The van der Waals surface area contributed by atoms with Gasteiger partial charge in [0.25, 0.3) is 10.0 Å². The molecule has 4 rings (SSSR count). The van der Waals surface area contributed by atoms with Crippen molar-refractivity contribution < 1.29 is 17.7 Å². The molecule has 0 radical (unpaired) electrons. The molecule has 1 amide bonds. The maximum absolute atomic E-state index is 13.1. The Hall–Kier alpha value is -1.78. The standard InChI is InChI=1S/C21H30N4O4S2/c1-3-18-22-20(23-29-18)16-13-19(30-14-16)31(27,28)25-11-9-15(10-12-25)21(26)24(2)17-7-5-4-6-8-17/h13-15,17H,3-12H2,1-2H3. The van der Waals surface area contributed by atoms with Crippen molar-refractivity contribution in [2.45, 2.75) is 68.5 Å². The zero-order valence-corrected chi connectivity index (χ0v) is 19.8. The Bertz CT molecular complexity index is 1000. The van der Waals surface area contributed by atoms with E-state index in [0.717, 1.165) is 12.8 Å². The summed E-state index contributed by atoms with van der Waals surface area (Å²) in [5.74, 6) is 1.01. The molecule has 1 saturated heterocycles. The molecular weight excluding hydrogens is 436 g/mol. The van der Waals surface area contributed by atoms with E-state index in [4.69, 9.17) is 4.52 Å². The minimum Gasteiger partial charge on any atom is -0.343 e. The second-order valence-corrected chi connectivity index (χ2v) is 11.5. The van der Waals surface area contributed by atoms with Crippen molar-refractivity contribution in [2.24, 2.45) is 5.92 Å². The van der Waals surface area contributed by atoms with Gasteiger partial charge in [-0.2, -0.15) is 9.29 Å². The number of hydrogen-bond acceptors (Lipinski definition) is 7. The van der Waals surface area contributed by atoms with E-state index in [-0.39, 0.29) is 16.0 Å². The quantitative estimate of drug-likeness (QED) is 0.646. The Balaban J connectivity index is 1.38. The summed E-state index contributed by atoms with van der Waals surface area (Å²) in [6, 6.07) is 1.95. The minimum atomic E-state index is -3.60. The summed E-state index contributed by atoms with van der Waals surface area (Å²) in [7, 11) is -1.68. The SMILES string of the molecule is CCc1nc(-c2csc(S(=O)(=O)N3CCC(C(=O)N(C)C4CCCCC4)CC3)c2)no1. The number of piperidine rings is 1. The molecule has 1 aliphatic carbocycles. The van der Waals surface area contributed by atoms with Crippen LogP contribution >= 0.6 is 11.3 Å². The summed E-state index contributed by atoms with van der Waals surface area (Å²) in [6.45, 7) is 2.65. The molecule has 3 heterocycles. The van der Waals surface area contributed by atoms with Crippen LogP contribution in [0.2, 0.25) is 0 Å². The highest BCUT2D eigenvalue weighted by atomic mass is 32.2. The van der Waals surface area contributed by atoms with Gasteiger partial charge in [0, 0.05) is 49.5 Å². The Morgan fingerprint density at radius 1 is 1.23 bits per heavy atom. The molecule has 2 aromatic rings. The van der Waals surface area contributed by atoms with Crippen molar-refractivity contribution in [3.63, 3.8) is 0 Å². The molecule has 0 spiro atoms. The fraction of sp³-hybridized carbons (Fsp3) is 0.667. The molecule has 2 fully saturated rings. The van der Waals surface area contributed by atoms with Gasteiger partial charge in [-0.3, -0.25) is 4.79 Å². The monoisotopic (exact) mass is 466 g/mol. The minimum absolute atomic E-state index is 0.0935. The van der Waals surface area contributed by atoms with Crippen molar-refractivity contribution in [1.82, 2.24) is 19.3 Å². The van der Waals surface area contributed by atoms with Gasteiger partial charge in [-0.15, -0.1) is 11.3 Å². The highest BCUT2D eigenvalue weighted by Gasteiger charge is 2.35. The van der Waals surface area contributed by atoms with Crippen LogP contribution in [0.3, 0.4) is 0 Å². The summed E-state index contributed by atoms with van der Waals surface area (Å²) < 4.78 is 33.2. The number of thiophene rings is 1. The van der Waals surface area contributed by atoms with Crippen molar-refractivity contribution in [1.29, 1.82) is 0 Å². The van der Waals surface area contributed by atoms with E-state index in [9.17, 15) is 13.2 Å². The highest BCUT2D eigenvalue weighted by Crippen LogP contribution is 2.32. The van der Waals surface area contributed by atoms with Gasteiger partial charge in [-0.05, 0) is 31.7 Å². The van der Waals surface area contributed by atoms with Crippen molar-refractivity contribution in [3.05, 3.63) is 17.3 Å². The van der Waals surface area contributed by atoms with Gasteiger partial charge in [-0.25, -0.2) is 8.42 Å². The molecule has 0 unspecified atom stereocenters. The van der Waals surface area contributed by atoms with Crippen LogP contribution in [0.1, 0.15) is 57.8 Å². The second-order valence-electron chi connectivity index (χ2n) is 8.44. The summed E-state index contributed by atoms with van der Waals surface area (Å²) in [5.41, 5.74) is 0.645. The normalized spacial score (nSPS) is 19.5. The number of sulfonamides is 1. The number of amides is 1. The van der Waals surface area contributed by atoms with E-state index < -0.39 is 10.0 Å². The van der Waals surface area contributed by atoms with Crippen LogP contribution in [-0.4, -0.2) is 59.8 Å². The van der Waals surface area contributed by atoms with Crippen LogP contribution in [0.5, 0.6) is 0 Å². The summed E-state index contributed by atoms with van der Waals surface area (Å²) in [6.07, 6.45) is 7.55. The first-order valence-electron chi connectivity index (χ1n) is 11.1. The number of aromatic nitrogens is 2. The van der Waals surface area contributed by atoms with Crippen LogP contribution in [0.4, 0.5) is 0 Å². The smallest absolute Gasteiger partial charge is 0.252 e. The largest absolute Gasteiger partial charge is 0.343 e. The van der Waals surface area contributed by atoms with E-state index in [1.54, 1.807) is 11.4 Å². The van der Waals surface area contributed by atoms with Gasteiger partial charge in [0.15, 0.2) is 0 Å². The molecule has 2 aromatic heterocycles. The molecule has 10 heteroatoms. The molecule has 1 saturated carbocycles. The highest BCUT2D eigenvalue weighted by molar-refractivity contribution is 7.91. The Kier molecular flexibility index (Phi) is 6.78. The summed E-state index contributed by atoms with van der Waals surface area (Å²) in [4.78, 5) is 19.1. The number of aryl methyl sites for hydroxylation is 1. The lowest BCUT2D eigenvalue weighted by atomic mass is 9.91. The predicted octanol–water partition coefficient (Wildman–Crippen LogP) is 3.55. The Labute approximate surface area is 187 Å². The van der Waals surface area contributed by atoms with Crippen molar-refractivity contribution >= 4 is 27.3 Å². The van der Waals surface area contributed by atoms with Gasteiger partial charge in [0.05, 0.1) is 0 Å². The van der Waals surface area contributed by atoms with Crippen LogP contribution in [0, 0.1) is 5.92 Å². The predicted molar refractivity (Wildman–Crippen MR) is 118 cm³/mol. The third kappa shape index (κ3) is 4.70. The summed E-state index contributed by atoms with van der Waals surface area (Å²) >= 11 is 1.17. The molecule has 0 bridgehead atoms. The maximum Gasteiger partial charge on any atom is 0.252 e. The van der Waals surface area contributed by atoms with Crippen LogP contribution < -0.4 is 0 Å². The summed E-state index contributed by atoms with van der Waals surface area (Å²) in [5, 5.41) is 5.66. The average Bonchev–Trinajstić information content (AvgIpc) is 3.48. The third-order valence-electron chi connectivity index (χ3n) is 6.47. The Morgan fingerprint density at radius 3 is 2.58 bits per heavy atom. The van der Waals surface area contributed by atoms with Gasteiger partial charge in [0.1, 0.15) is 4.21 Å². The van der Waals surface area contributed by atoms with Crippen molar-refractivity contribution in [3.8, 4) is 11.4 Å². The molecule has 0 aromatic carbocycles. The molecule has 0 N–H and O–H groups in total. The van der Waals surface area contributed by atoms with E-state index in [1.807, 2.05) is 18.9 Å². The first-order valence-corrected chi connectivity index (χ1v) is 13.4. The van der Waals surface area contributed by atoms with Gasteiger partial charge >= 0.3 is 0 Å². The number of nitrogens with zero attached hydrogens (tertiary/aromatic N) is 4. The van der Waals surface area contributed by atoms with Crippen LogP contribution in [0.15, 0.2) is 20.2 Å². The van der Waals surface area contributed by atoms with Crippen LogP contribution in [0.25, 0.3) is 11.4 Å². The number of carbonyl (C=O) groups is 1. The molecule has 31 heavy (non-hydrogen) atoms. The molecule has 0 atom stereocenters. The Morgan fingerprint density at radius 2 is 1.94 bits per heavy atom.